The zero-order valence-corrected chi connectivity index (χ0v) is 8.08. The number of aromatic hydroxyl groups is 2. The number of fused-ring (bicyclic) bond motifs is 1. The highest BCUT2D eigenvalue weighted by atomic mass is 16.6. The summed E-state index contributed by atoms with van der Waals surface area (Å²) in [5, 5.41) is 37.9. The highest BCUT2D eigenvalue weighted by molar-refractivity contribution is 5.96. The highest BCUT2D eigenvalue weighted by Crippen LogP contribution is 2.42. The van der Waals surface area contributed by atoms with Crippen LogP contribution in [0.25, 0.3) is 11.0 Å². The van der Waals surface area contributed by atoms with E-state index in [0.717, 1.165) is 12.1 Å². The molecule has 8 nitrogen and oxygen atoms in total. The average Bonchev–Trinajstić information content (AvgIpc) is 2.67. The summed E-state index contributed by atoms with van der Waals surface area (Å²) < 4.78 is 4.78. The molecular weight excluding hydrogens is 234 g/mol. The number of phenols is 2. The van der Waals surface area contributed by atoms with Crippen LogP contribution in [0.15, 0.2) is 16.5 Å². The Balaban J connectivity index is 2.81. The smallest absolute Gasteiger partial charge is 0.371 e. The summed E-state index contributed by atoms with van der Waals surface area (Å²) in [5.74, 6) is -3.59. The lowest BCUT2D eigenvalue weighted by Gasteiger charge is -1.99. The number of rotatable bonds is 2. The number of carbonyl (C=O) groups is 1. The van der Waals surface area contributed by atoms with Crippen LogP contribution in [0.4, 0.5) is 5.69 Å². The molecule has 3 N–H and O–H groups in total. The van der Waals surface area contributed by atoms with Crippen molar-refractivity contribution in [3.8, 4) is 11.5 Å². The average molecular weight is 239 g/mol. The molecule has 0 saturated carbocycles. The lowest BCUT2D eigenvalue weighted by molar-refractivity contribution is -0.385. The predicted molar refractivity (Wildman–Crippen MR) is 53.2 cm³/mol. The predicted octanol–water partition coefficient (Wildman–Crippen LogP) is 1.45. The van der Waals surface area contributed by atoms with Crippen molar-refractivity contribution in [2.75, 3.05) is 0 Å². The minimum atomic E-state index is -1.39. The maximum Gasteiger partial charge on any atom is 0.371 e. The van der Waals surface area contributed by atoms with E-state index in [-0.39, 0.29) is 11.0 Å². The number of carboxylic acid groups (broad SMARTS) is 1. The van der Waals surface area contributed by atoms with Crippen molar-refractivity contribution in [1.29, 1.82) is 0 Å². The van der Waals surface area contributed by atoms with E-state index in [9.17, 15) is 25.1 Å². The summed E-state index contributed by atoms with van der Waals surface area (Å²) in [4.78, 5) is 20.2. The number of hydrogen-bond acceptors (Lipinski definition) is 6. The summed E-state index contributed by atoms with van der Waals surface area (Å²) in [6.45, 7) is 0. The fraction of sp³-hybridized carbons (Fsp3) is 0. The fourth-order valence-corrected chi connectivity index (χ4v) is 1.38. The maximum atomic E-state index is 10.6. The minimum Gasteiger partial charge on any atom is -0.504 e. The van der Waals surface area contributed by atoms with Crippen molar-refractivity contribution in [2.45, 2.75) is 0 Å². The lowest BCUT2D eigenvalue weighted by atomic mass is 10.2. The van der Waals surface area contributed by atoms with Gasteiger partial charge in [0.2, 0.25) is 11.5 Å². The Kier molecular flexibility index (Phi) is 2.13. The number of carboxylic acids is 1. The Morgan fingerprint density at radius 3 is 2.47 bits per heavy atom. The third-order valence-corrected chi connectivity index (χ3v) is 2.16. The van der Waals surface area contributed by atoms with Crippen molar-refractivity contribution < 1.29 is 29.5 Å². The molecule has 1 aromatic heterocycles. The first kappa shape index (κ1) is 10.7. The van der Waals surface area contributed by atoms with Gasteiger partial charge < -0.3 is 19.7 Å². The van der Waals surface area contributed by atoms with Crippen molar-refractivity contribution >= 4 is 22.6 Å². The molecule has 0 aliphatic heterocycles. The number of phenolic OH excluding ortho intramolecular Hbond substituents is 2. The van der Waals surface area contributed by atoms with Crippen LogP contribution in [0.1, 0.15) is 10.6 Å². The molecule has 2 aromatic rings. The maximum absolute atomic E-state index is 10.6. The van der Waals surface area contributed by atoms with E-state index in [2.05, 4.69) is 0 Å². The van der Waals surface area contributed by atoms with Crippen molar-refractivity contribution in [3.05, 3.63) is 28.0 Å². The highest BCUT2D eigenvalue weighted by Gasteiger charge is 2.24. The minimum absolute atomic E-state index is 0.106. The first-order valence-electron chi connectivity index (χ1n) is 4.28. The lowest BCUT2D eigenvalue weighted by Crippen LogP contribution is -1.91. The second kappa shape index (κ2) is 3.37. The third-order valence-electron chi connectivity index (χ3n) is 2.16. The topological polar surface area (TPSA) is 134 Å². The molecule has 8 heteroatoms. The van der Waals surface area contributed by atoms with Crippen LogP contribution in [0.3, 0.4) is 0 Å². The summed E-state index contributed by atoms with van der Waals surface area (Å²) in [5.41, 5.74) is -0.953. The van der Waals surface area contributed by atoms with Gasteiger partial charge in [0, 0.05) is 6.07 Å². The van der Waals surface area contributed by atoms with Crippen molar-refractivity contribution in [2.24, 2.45) is 0 Å². The molecule has 0 unspecified atom stereocenters. The van der Waals surface area contributed by atoms with Gasteiger partial charge >= 0.3 is 11.7 Å². The van der Waals surface area contributed by atoms with E-state index in [1.54, 1.807) is 0 Å². The summed E-state index contributed by atoms with van der Waals surface area (Å²) in [6, 6.07) is 1.81. The van der Waals surface area contributed by atoms with Crippen LogP contribution in [0, 0.1) is 10.1 Å². The second-order valence-electron chi connectivity index (χ2n) is 3.18. The zero-order valence-electron chi connectivity index (χ0n) is 8.08. The van der Waals surface area contributed by atoms with Gasteiger partial charge in [0.25, 0.3) is 0 Å². The molecular formula is C9H5NO7. The molecule has 0 radical (unpaired) electrons. The SMILES string of the molecule is O=C(O)c1cc2c(O)c(O)c([N+](=O)[O-])cc2o1. The van der Waals surface area contributed by atoms with Crippen LogP contribution in [0.5, 0.6) is 11.5 Å². The van der Waals surface area contributed by atoms with Gasteiger partial charge in [0.05, 0.1) is 16.4 Å². The van der Waals surface area contributed by atoms with Crippen LogP contribution >= 0.6 is 0 Å². The number of hydrogen-bond donors (Lipinski definition) is 3. The molecule has 1 aromatic carbocycles. The van der Waals surface area contributed by atoms with Crippen LogP contribution in [-0.2, 0) is 0 Å². The van der Waals surface area contributed by atoms with Gasteiger partial charge in [0.1, 0.15) is 5.58 Å². The Bertz CT molecular complexity index is 642. The molecule has 0 saturated heterocycles. The van der Waals surface area contributed by atoms with Crippen molar-refractivity contribution in [1.82, 2.24) is 0 Å². The Morgan fingerprint density at radius 1 is 1.29 bits per heavy atom. The van der Waals surface area contributed by atoms with Gasteiger partial charge in [-0.25, -0.2) is 4.79 Å². The molecule has 17 heavy (non-hydrogen) atoms. The van der Waals surface area contributed by atoms with Gasteiger partial charge in [-0.05, 0) is 0 Å². The molecule has 0 aliphatic carbocycles. The van der Waals surface area contributed by atoms with Crippen molar-refractivity contribution in [3.63, 3.8) is 0 Å². The molecule has 0 fully saturated rings. The van der Waals surface area contributed by atoms with E-state index < -0.39 is 33.8 Å². The number of nitro groups is 1. The van der Waals surface area contributed by atoms with Gasteiger partial charge in [-0.2, -0.15) is 0 Å². The zero-order chi connectivity index (χ0) is 12.7. The molecule has 0 amide bonds. The quantitative estimate of drug-likeness (QED) is 0.410. The summed E-state index contributed by atoms with van der Waals surface area (Å²) in [6.07, 6.45) is 0. The van der Waals surface area contributed by atoms with Crippen LogP contribution in [-0.4, -0.2) is 26.2 Å². The van der Waals surface area contributed by atoms with E-state index in [1.807, 2.05) is 0 Å². The fourth-order valence-electron chi connectivity index (χ4n) is 1.38. The Hall–Kier alpha value is -2.77. The molecule has 88 valence electrons. The molecule has 0 atom stereocenters. The largest absolute Gasteiger partial charge is 0.504 e. The second-order valence-corrected chi connectivity index (χ2v) is 3.18. The third kappa shape index (κ3) is 1.51. The molecule has 2 rings (SSSR count). The van der Waals surface area contributed by atoms with Gasteiger partial charge in [0.15, 0.2) is 5.75 Å². The van der Waals surface area contributed by atoms with Crippen LogP contribution < -0.4 is 0 Å². The Morgan fingerprint density at radius 2 is 1.94 bits per heavy atom. The molecule has 0 aliphatic rings. The molecule has 0 spiro atoms. The molecule has 0 bridgehead atoms. The number of aromatic carboxylic acids is 1. The first-order valence-corrected chi connectivity index (χ1v) is 4.28. The monoisotopic (exact) mass is 239 g/mol. The summed E-state index contributed by atoms with van der Waals surface area (Å²) in [7, 11) is 0. The van der Waals surface area contributed by atoms with E-state index in [1.165, 1.54) is 0 Å². The number of nitro benzene ring substituents is 1. The normalized spacial score (nSPS) is 10.6. The summed E-state index contributed by atoms with van der Waals surface area (Å²) >= 11 is 0. The van der Waals surface area contributed by atoms with E-state index >= 15 is 0 Å². The van der Waals surface area contributed by atoms with Gasteiger partial charge in [-0.15, -0.1) is 0 Å². The van der Waals surface area contributed by atoms with Crippen LogP contribution in [0.2, 0.25) is 0 Å². The molecule has 1 heterocycles. The first-order chi connectivity index (χ1) is 7.91. The number of benzene rings is 1. The standard InChI is InChI=1S/C9H5NO7/c11-7-3-1-6(9(13)14)17-5(3)2-4(8(7)12)10(15)16/h1-2,11-12H,(H,13,14). The Labute approximate surface area is 92.5 Å². The number of nitrogens with zero attached hydrogens (tertiary/aromatic N) is 1. The van der Waals surface area contributed by atoms with E-state index in [0.29, 0.717) is 0 Å². The van der Waals surface area contributed by atoms with E-state index in [4.69, 9.17) is 9.52 Å². The van der Waals surface area contributed by atoms with Gasteiger partial charge in [-0.3, -0.25) is 10.1 Å². The van der Waals surface area contributed by atoms with Gasteiger partial charge in [-0.1, -0.05) is 0 Å². The number of furan rings is 1.